The Hall–Kier alpha value is -3.81. The molecular weight excluding hydrogens is 681 g/mol. The van der Waals surface area contributed by atoms with Gasteiger partial charge in [-0.25, -0.2) is 4.68 Å². The molecule has 0 bridgehead atoms. The number of piperazine rings is 1. The number of aromatic nitrogens is 3. The summed E-state index contributed by atoms with van der Waals surface area (Å²) in [6, 6.07) is 13.8. The van der Waals surface area contributed by atoms with Gasteiger partial charge in [0.15, 0.2) is 0 Å². The SMILES string of the molecule is CCC[C@@H](N1CCN(c2ccccc2Cn2ccnn2)[C@@H](c2ccc(Cl)c(Cl)c2)C1)N(C)C(=O)c1cc(C(F)(F)F)cc(C(F)(F)F)c1. The summed E-state index contributed by atoms with van der Waals surface area (Å²) in [7, 11) is 1.41. The molecule has 4 aromatic rings. The topological polar surface area (TPSA) is 57.5 Å². The number of hydrogen-bond donors (Lipinski definition) is 0. The molecule has 0 aliphatic carbocycles. The standard InChI is InChI=1S/C33H32Cl2F6N6O/c1-3-6-30(44(2)31(48)23-15-24(32(36,37)38)18-25(16-23)33(39,40)41)45-13-14-47(29(20-45)21-9-10-26(34)27(35)17-21)28-8-5-4-7-22(28)19-46-12-11-42-43-46/h4-5,7-12,15-18,29-30H,3,6,13-14,19-20H2,1-2H3/t29-,30-/m1/s1. The number of carbonyl (C=O) groups is 1. The second-order valence-corrected chi connectivity index (χ2v) is 12.4. The van der Waals surface area contributed by atoms with E-state index in [1.807, 2.05) is 42.2 Å². The maximum absolute atomic E-state index is 13.7. The van der Waals surface area contributed by atoms with Crippen molar-refractivity contribution < 1.29 is 31.1 Å². The van der Waals surface area contributed by atoms with E-state index in [4.69, 9.17) is 23.2 Å². The van der Waals surface area contributed by atoms with E-state index < -0.39 is 41.1 Å². The van der Waals surface area contributed by atoms with Crippen LogP contribution < -0.4 is 4.90 Å². The molecule has 0 saturated carbocycles. The third kappa shape index (κ3) is 7.90. The third-order valence-corrected chi connectivity index (χ3v) is 9.15. The van der Waals surface area contributed by atoms with E-state index in [9.17, 15) is 31.1 Å². The third-order valence-electron chi connectivity index (χ3n) is 8.42. The van der Waals surface area contributed by atoms with E-state index in [2.05, 4.69) is 15.2 Å². The summed E-state index contributed by atoms with van der Waals surface area (Å²) in [4.78, 5) is 19.2. The molecule has 1 fully saturated rings. The van der Waals surface area contributed by atoms with Crippen molar-refractivity contribution in [2.75, 3.05) is 31.6 Å². The molecule has 0 N–H and O–H groups in total. The lowest BCUT2D eigenvalue weighted by Crippen LogP contribution is -2.57. The summed E-state index contributed by atoms with van der Waals surface area (Å²) in [5.74, 6) is -0.947. The molecule has 256 valence electrons. The molecule has 0 spiro atoms. The van der Waals surface area contributed by atoms with Crippen molar-refractivity contribution in [1.82, 2.24) is 24.8 Å². The van der Waals surface area contributed by atoms with Crippen molar-refractivity contribution in [1.29, 1.82) is 0 Å². The summed E-state index contributed by atoms with van der Waals surface area (Å²) in [5, 5.41) is 8.72. The second kappa shape index (κ2) is 14.4. The maximum Gasteiger partial charge on any atom is 0.416 e. The highest BCUT2D eigenvalue weighted by Crippen LogP contribution is 2.39. The number of nitrogens with zero attached hydrogens (tertiary/aromatic N) is 6. The number of amides is 1. The first kappa shape index (κ1) is 35.5. The number of benzene rings is 3. The molecule has 1 aliphatic rings. The Bertz CT molecular complexity index is 1700. The van der Waals surface area contributed by atoms with E-state index in [0.717, 1.165) is 16.8 Å². The Labute approximate surface area is 283 Å². The first-order chi connectivity index (χ1) is 22.7. The summed E-state index contributed by atoms with van der Waals surface area (Å²) >= 11 is 12.7. The Morgan fingerprint density at radius 1 is 0.958 bits per heavy atom. The molecule has 48 heavy (non-hydrogen) atoms. The number of hydrogen-bond acceptors (Lipinski definition) is 5. The highest BCUT2D eigenvalue weighted by molar-refractivity contribution is 6.42. The summed E-state index contributed by atoms with van der Waals surface area (Å²) in [6.07, 6.45) is -6.42. The van der Waals surface area contributed by atoms with Crippen LogP contribution in [-0.4, -0.2) is 63.5 Å². The zero-order valence-corrected chi connectivity index (χ0v) is 27.5. The fourth-order valence-corrected chi connectivity index (χ4v) is 6.39. The van der Waals surface area contributed by atoms with Gasteiger partial charge in [0.2, 0.25) is 0 Å². The van der Waals surface area contributed by atoms with Gasteiger partial charge in [-0.1, -0.05) is 66.0 Å². The highest BCUT2D eigenvalue weighted by Gasteiger charge is 2.39. The average Bonchev–Trinajstić information content (AvgIpc) is 3.56. The van der Waals surface area contributed by atoms with E-state index >= 15 is 0 Å². The predicted molar refractivity (Wildman–Crippen MR) is 171 cm³/mol. The van der Waals surface area contributed by atoms with Gasteiger partial charge in [-0.2, -0.15) is 26.3 Å². The van der Waals surface area contributed by atoms with E-state index in [1.165, 1.54) is 11.9 Å². The lowest BCUT2D eigenvalue weighted by Gasteiger charge is -2.48. The van der Waals surface area contributed by atoms with Crippen LogP contribution in [0.3, 0.4) is 0 Å². The molecule has 2 heterocycles. The van der Waals surface area contributed by atoms with Crippen molar-refractivity contribution in [3.63, 3.8) is 0 Å². The van der Waals surface area contributed by atoms with Gasteiger partial charge < -0.3 is 9.80 Å². The van der Waals surface area contributed by atoms with Gasteiger partial charge in [0.1, 0.15) is 0 Å². The molecule has 1 saturated heterocycles. The number of rotatable bonds is 9. The van der Waals surface area contributed by atoms with Crippen molar-refractivity contribution in [2.24, 2.45) is 0 Å². The first-order valence-corrected chi connectivity index (χ1v) is 15.9. The Morgan fingerprint density at radius 2 is 1.65 bits per heavy atom. The van der Waals surface area contributed by atoms with Crippen LogP contribution in [0.15, 0.2) is 73.1 Å². The van der Waals surface area contributed by atoms with Crippen molar-refractivity contribution in [3.8, 4) is 0 Å². The number of alkyl halides is 6. The maximum atomic E-state index is 13.7. The Balaban J connectivity index is 1.50. The molecule has 1 aromatic heterocycles. The largest absolute Gasteiger partial charge is 0.416 e. The Morgan fingerprint density at radius 3 is 2.25 bits per heavy atom. The quantitative estimate of drug-likeness (QED) is 0.163. The number of anilines is 1. The molecule has 2 atom stereocenters. The average molecular weight is 714 g/mol. The lowest BCUT2D eigenvalue weighted by molar-refractivity contribution is -0.143. The second-order valence-electron chi connectivity index (χ2n) is 11.6. The van der Waals surface area contributed by atoms with Gasteiger partial charge in [-0.05, 0) is 53.9 Å². The first-order valence-electron chi connectivity index (χ1n) is 15.1. The Kier molecular flexibility index (Phi) is 10.6. The molecular formula is C33H32Cl2F6N6O. The van der Waals surface area contributed by atoms with Crippen molar-refractivity contribution in [3.05, 3.63) is 111 Å². The summed E-state index contributed by atoms with van der Waals surface area (Å²) < 4.78 is 83.4. The van der Waals surface area contributed by atoms with Crippen LogP contribution in [0.4, 0.5) is 32.0 Å². The monoisotopic (exact) mass is 712 g/mol. The molecule has 0 radical (unpaired) electrons. The van der Waals surface area contributed by atoms with Gasteiger partial charge in [0, 0.05) is 44.1 Å². The zero-order valence-electron chi connectivity index (χ0n) is 25.9. The van der Waals surface area contributed by atoms with Crippen LogP contribution in [0.2, 0.25) is 10.0 Å². The smallest absolute Gasteiger partial charge is 0.362 e. The van der Waals surface area contributed by atoms with Gasteiger partial charge in [0.25, 0.3) is 5.91 Å². The van der Waals surface area contributed by atoms with Gasteiger partial charge in [-0.3, -0.25) is 9.69 Å². The fraction of sp³-hybridized carbons (Fsp3) is 0.364. The fourth-order valence-electron chi connectivity index (χ4n) is 6.08. The minimum atomic E-state index is -5.08. The van der Waals surface area contributed by atoms with E-state index in [1.54, 1.807) is 29.2 Å². The molecule has 7 nitrogen and oxygen atoms in total. The lowest BCUT2D eigenvalue weighted by atomic mass is 9.98. The van der Waals surface area contributed by atoms with Crippen molar-refractivity contribution >= 4 is 34.8 Å². The van der Waals surface area contributed by atoms with Crippen LogP contribution in [0.5, 0.6) is 0 Å². The number of para-hydroxylation sites is 1. The van der Waals surface area contributed by atoms with Crippen LogP contribution in [0.1, 0.15) is 58.4 Å². The molecule has 1 aliphatic heterocycles. The number of carbonyl (C=O) groups excluding carboxylic acids is 1. The summed E-state index contributed by atoms with van der Waals surface area (Å²) in [5.41, 5.74) is -1.03. The minimum Gasteiger partial charge on any atom is -0.362 e. The molecule has 3 aromatic carbocycles. The van der Waals surface area contributed by atoms with Gasteiger partial charge in [0.05, 0.1) is 46.1 Å². The molecule has 5 rings (SSSR count). The van der Waals surface area contributed by atoms with E-state index in [-0.39, 0.29) is 12.1 Å². The molecule has 0 unspecified atom stereocenters. The zero-order chi connectivity index (χ0) is 34.8. The van der Waals surface area contributed by atoms with Crippen LogP contribution >= 0.6 is 23.2 Å². The summed E-state index contributed by atoms with van der Waals surface area (Å²) in [6.45, 7) is 3.62. The number of halogens is 8. The van der Waals surface area contributed by atoms with Gasteiger partial charge in [-0.15, -0.1) is 5.10 Å². The van der Waals surface area contributed by atoms with Crippen LogP contribution in [0.25, 0.3) is 0 Å². The van der Waals surface area contributed by atoms with E-state index in [0.29, 0.717) is 61.2 Å². The van der Waals surface area contributed by atoms with Crippen LogP contribution in [-0.2, 0) is 18.9 Å². The van der Waals surface area contributed by atoms with Crippen LogP contribution in [0, 0.1) is 0 Å². The van der Waals surface area contributed by atoms with Crippen molar-refractivity contribution in [2.45, 2.75) is 50.9 Å². The van der Waals surface area contributed by atoms with Gasteiger partial charge >= 0.3 is 12.4 Å². The molecule has 1 amide bonds. The normalized spacial score (nSPS) is 16.6. The predicted octanol–water partition coefficient (Wildman–Crippen LogP) is 8.43. The highest BCUT2D eigenvalue weighted by atomic mass is 35.5. The minimum absolute atomic E-state index is 0.0160. The molecule has 15 heteroatoms.